The van der Waals surface area contributed by atoms with Gasteiger partial charge in [0, 0.05) is 5.02 Å². The summed E-state index contributed by atoms with van der Waals surface area (Å²) in [6.07, 6.45) is 0.987. The molecule has 5 heteroatoms. The molecule has 0 aromatic heterocycles. The van der Waals surface area contributed by atoms with E-state index in [4.69, 9.17) is 22.2 Å². The van der Waals surface area contributed by atoms with E-state index in [1.807, 2.05) is 25.1 Å². The molecule has 1 amide bonds. The number of amides is 1. The van der Waals surface area contributed by atoms with Crippen molar-refractivity contribution in [3.05, 3.63) is 34.9 Å². The van der Waals surface area contributed by atoms with Crippen molar-refractivity contribution in [1.82, 2.24) is 5.43 Å². The molecule has 0 saturated carbocycles. The Kier molecular flexibility index (Phi) is 5.97. The van der Waals surface area contributed by atoms with E-state index in [9.17, 15) is 4.79 Å². The predicted octanol–water partition coefficient (Wildman–Crippen LogP) is 2.02. The molecule has 0 aliphatic carbocycles. The maximum atomic E-state index is 11.4. The number of rotatable bonds is 6. The van der Waals surface area contributed by atoms with E-state index in [0.29, 0.717) is 18.1 Å². The largest absolute Gasteiger partial charge is 0.364 e. The number of nitrogens with two attached hydrogens (primary N) is 1. The van der Waals surface area contributed by atoms with Gasteiger partial charge in [0.1, 0.15) is 6.10 Å². The van der Waals surface area contributed by atoms with E-state index in [2.05, 4.69) is 5.43 Å². The molecule has 0 saturated heterocycles. The molecule has 3 N–H and O–H groups in total. The summed E-state index contributed by atoms with van der Waals surface area (Å²) in [6, 6.07) is 7.35. The van der Waals surface area contributed by atoms with E-state index >= 15 is 0 Å². The van der Waals surface area contributed by atoms with Crippen LogP contribution in [0.4, 0.5) is 0 Å². The Hall–Kier alpha value is -1.10. The molecular weight excluding hydrogens is 240 g/mol. The Morgan fingerprint density at radius 2 is 2.35 bits per heavy atom. The number of hydrazine groups is 1. The number of ether oxygens (including phenoxy) is 1. The highest BCUT2D eigenvalue weighted by molar-refractivity contribution is 6.30. The van der Waals surface area contributed by atoms with Gasteiger partial charge in [-0.2, -0.15) is 0 Å². The summed E-state index contributed by atoms with van der Waals surface area (Å²) in [7, 11) is 0. The quantitative estimate of drug-likeness (QED) is 0.465. The Balaban J connectivity index is 2.54. The minimum Gasteiger partial charge on any atom is -0.364 e. The first kappa shape index (κ1) is 14.0. The molecule has 4 nitrogen and oxygen atoms in total. The normalized spacial score (nSPS) is 12.2. The van der Waals surface area contributed by atoms with Gasteiger partial charge in [0.05, 0.1) is 6.61 Å². The first-order chi connectivity index (χ1) is 8.17. The number of halogens is 1. The second-order valence-corrected chi connectivity index (χ2v) is 4.16. The predicted molar refractivity (Wildman–Crippen MR) is 67.3 cm³/mol. The van der Waals surface area contributed by atoms with Crippen LogP contribution in [0.15, 0.2) is 24.3 Å². The molecule has 0 bridgehead atoms. The molecule has 17 heavy (non-hydrogen) atoms. The third-order valence-electron chi connectivity index (χ3n) is 2.33. The van der Waals surface area contributed by atoms with Crippen molar-refractivity contribution in [2.75, 3.05) is 0 Å². The van der Waals surface area contributed by atoms with Crippen LogP contribution in [0.1, 0.15) is 25.3 Å². The van der Waals surface area contributed by atoms with Crippen LogP contribution in [-0.4, -0.2) is 12.0 Å². The summed E-state index contributed by atoms with van der Waals surface area (Å²) in [5, 5.41) is 0.654. The number of benzene rings is 1. The molecule has 0 radical (unpaired) electrons. The number of hydrogen-bond acceptors (Lipinski definition) is 3. The number of carbonyl (C=O) groups excluding carboxylic acids is 1. The van der Waals surface area contributed by atoms with Crippen LogP contribution in [-0.2, 0) is 16.1 Å². The summed E-state index contributed by atoms with van der Waals surface area (Å²) in [4.78, 5) is 11.4. The molecule has 0 fully saturated rings. The van der Waals surface area contributed by atoms with Crippen molar-refractivity contribution in [2.45, 2.75) is 32.5 Å². The maximum absolute atomic E-state index is 11.4. The fourth-order valence-corrected chi connectivity index (χ4v) is 1.68. The zero-order chi connectivity index (χ0) is 12.7. The van der Waals surface area contributed by atoms with Gasteiger partial charge in [-0.05, 0) is 24.1 Å². The van der Waals surface area contributed by atoms with Crippen molar-refractivity contribution in [1.29, 1.82) is 0 Å². The van der Waals surface area contributed by atoms with Crippen LogP contribution in [0.2, 0.25) is 5.02 Å². The van der Waals surface area contributed by atoms with Crippen molar-refractivity contribution < 1.29 is 9.53 Å². The SMILES string of the molecule is CCCC(OCc1cccc(Cl)c1)C(=O)NN. The van der Waals surface area contributed by atoms with Crippen molar-refractivity contribution in [3.63, 3.8) is 0 Å². The molecule has 1 aromatic rings. The van der Waals surface area contributed by atoms with Crippen molar-refractivity contribution in [2.24, 2.45) is 5.84 Å². The second kappa shape index (κ2) is 7.27. The summed E-state index contributed by atoms with van der Waals surface area (Å²) < 4.78 is 5.53. The van der Waals surface area contributed by atoms with Gasteiger partial charge in [0.2, 0.25) is 0 Å². The summed E-state index contributed by atoms with van der Waals surface area (Å²) in [6.45, 7) is 2.33. The van der Waals surface area contributed by atoms with E-state index < -0.39 is 6.10 Å². The van der Waals surface area contributed by atoms with E-state index in [1.54, 1.807) is 6.07 Å². The lowest BCUT2D eigenvalue weighted by molar-refractivity contribution is -0.134. The van der Waals surface area contributed by atoms with E-state index in [-0.39, 0.29) is 5.91 Å². The van der Waals surface area contributed by atoms with Crippen molar-refractivity contribution >= 4 is 17.5 Å². The molecule has 1 atom stereocenters. The average molecular weight is 257 g/mol. The van der Waals surface area contributed by atoms with Gasteiger partial charge in [-0.1, -0.05) is 37.1 Å². The smallest absolute Gasteiger partial charge is 0.263 e. The first-order valence-corrected chi connectivity index (χ1v) is 5.91. The average Bonchev–Trinajstić information content (AvgIpc) is 2.33. The van der Waals surface area contributed by atoms with Gasteiger partial charge in [-0.15, -0.1) is 0 Å². The Morgan fingerprint density at radius 1 is 1.59 bits per heavy atom. The fourth-order valence-electron chi connectivity index (χ4n) is 1.47. The third-order valence-corrected chi connectivity index (χ3v) is 2.56. The molecule has 1 unspecified atom stereocenters. The molecule has 0 aliphatic rings. The van der Waals surface area contributed by atoms with Gasteiger partial charge in [-0.25, -0.2) is 5.84 Å². The van der Waals surface area contributed by atoms with Gasteiger partial charge >= 0.3 is 0 Å². The highest BCUT2D eigenvalue weighted by Crippen LogP contribution is 2.13. The van der Waals surface area contributed by atoms with Crippen LogP contribution in [0.25, 0.3) is 0 Å². The fraction of sp³-hybridized carbons (Fsp3) is 0.417. The molecule has 94 valence electrons. The van der Waals surface area contributed by atoms with Crippen LogP contribution in [0, 0.1) is 0 Å². The Bertz CT molecular complexity index is 371. The Labute approximate surface area is 106 Å². The van der Waals surface area contributed by atoms with Crippen molar-refractivity contribution in [3.8, 4) is 0 Å². The maximum Gasteiger partial charge on any atom is 0.263 e. The second-order valence-electron chi connectivity index (χ2n) is 3.73. The zero-order valence-electron chi connectivity index (χ0n) is 9.78. The molecule has 0 spiro atoms. The van der Waals surface area contributed by atoms with E-state index in [1.165, 1.54) is 0 Å². The zero-order valence-corrected chi connectivity index (χ0v) is 10.5. The number of nitrogens with one attached hydrogen (secondary N) is 1. The van der Waals surface area contributed by atoms with Crippen LogP contribution in [0.5, 0.6) is 0 Å². The monoisotopic (exact) mass is 256 g/mol. The molecule has 0 heterocycles. The highest BCUT2D eigenvalue weighted by atomic mass is 35.5. The lowest BCUT2D eigenvalue weighted by Gasteiger charge is -2.15. The lowest BCUT2D eigenvalue weighted by atomic mass is 10.2. The summed E-state index contributed by atoms with van der Waals surface area (Å²) in [5.41, 5.74) is 3.04. The topological polar surface area (TPSA) is 64.3 Å². The van der Waals surface area contributed by atoms with Crippen LogP contribution < -0.4 is 11.3 Å². The molecule has 1 aromatic carbocycles. The van der Waals surface area contributed by atoms with Gasteiger partial charge in [0.25, 0.3) is 5.91 Å². The standard InChI is InChI=1S/C12H17ClN2O2/c1-2-4-11(12(16)15-14)17-8-9-5-3-6-10(13)7-9/h3,5-7,11H,2,4,8,14H2,1H3,(H,15,16). The minimum atomic E-state index is -0.510. The Morgan fingerprint density at radius 3 is 2.94 bits per heavy atom. The summed E-state index contributed by atoms with van der Waals surface area (Å²) >= 11 is 5.86. The molecular formula is C12H17ClN2O2. The van der Waals surface area contributed by atoms with Crippen LogP contribution >= 0.6 is 11.6 Å². The lowest BCUT2D eigenvalue weighted by Crippen LogP contribution is -2.40. The van der Waals surface area contributed by atoms with Gasteiger partial charge < -0.3 is 4.74 Å². The highest BCUT2D eigenvalue weighted by Gasteiger charge is 2.16. The number of carbonyl (C=O) groups is 1. The molecule has 1 rings (SSSR count). The van der Waals surface area contributed by atoms with Gasteiger partial charge in [0.15, 0.2) is 0 Å². The molecule has 0 aliphatic heterocycles. The number of hydrogen-bond donors (Lipinski definition) is 2. The summed E-state index contributed by atoms with van der Waals surface area (Å²) in [5.74, 6) is 4.80. The van der Waals surface area contributed by atoms with E-state index in [0.717, 1.165) is 12.0 Å². The first-order valence-electron chi connectivity index (χ1n) is 5.54. The third kappa shape index (κ3) is 4.73. The minimum absolute atomic E-state index is 0.297. The van der Waals surface area contributed by atoms with Gasteiger partial charge in [-0.3, -0.25) is 10.2 Å². The van der Waals surface area contributed by atoms with Crippen LogP contribution in [0.3, 0.4) is 0 Å².